The Morgan fingerprint density at radius 2 is 1.10 bits per heavy atom. The quantitative estimate of drug-likeness (QED) is 0.0499. The van der Waals surface area contributed by atoms with E-state index >= 15 is 0 Å². The van der Waals surface area contributed by atoms with Gasteiger partial charge in [-0.25, -0.2) is 0 Å². The Morgan fingerprint density at radius 1 is 0.653 bits per heavy atom. The molecule has 0 aliphatic heterocycles. The summed E-state index contributed by atoms with van der Waals surface area (Å²) in [6.45, 7) is 9.85. The van der Waals surface area contributed by atoms with Crippen molar-refractivity contribution in [3.05, 3.63) is 114 Å². The van der Waals surface area contributed by atoms with Crippen molar-refractivity contribution in [3.63, 3.8) is 0 Å². The Morgan fingerprint density at radius 3 is 1.51 bits per heavy atom. The van der Waals surface area contributed by atoms with E-state index in [0.29, 0.717) is 27.9 Å². The first-order valence-corrected chi connectivity index (χ1v) is 25.5. The molecule has 0 saturated heterocycles. The highest BCUT2D eigenvalue weighted by molar-refractivity contribution is 7.24. The molecular weight excluding hydrogens is 1050 g/mol. The lowest BCUT2D eigenvalue weighted by molar-refractivity contribution is -0.132. The number of primary amides is 1. The van der Waals surface area contributed by atoms with Gasteiger partial charge in [0.15, 0.2) is 11.5 Å². The van der Waals surface area contributed by atoms with E-state index in [0.717, 1.165) is 41.1 Å². The van der Waals surface area contributed by atoms with Gasteiger partial charge in [-0.3, -0.25) is 38.4 Å². The summed E-state index contributed by atoms with van der Waals surface area (Å²) in [6.07, 6.45) is 1.99. The van der Waals surface area contributed by atoms with Crippen LogP contribution < -0.4 is 31.2 Å². The van der Waals surface area contributed by atoms with Crippen LogP contribution in [0.4, 0.5) is 10.0 Å². The number of hydrogen-bond donors (Lipinski definition) is 4. The van der Waals surface area contributed by atoms with Crippen LogP contribution in [0.2, 0.25) is 20.1 Å². The van der Waals surface area contributed by atoms with Crippen molar-refractivity contribution >= 4 is 147 Å². The molecule has 0 bridgehead atoms. The number of rotatable bonds is 17. The van der Waals surface area contributed by atoms with Crippen molar-refractivity contribution in [3.8, 4) is 11.5 Å². The van der Waals surface area contributed by atoms with Crippen LogP contribution in [0.3, 0.4) is 0 Å². The summed E-state index contributed by atoms with van der Waals surface area (Å²) >= 11 is 28.1. The van der Waals surface area contributed by atoms with Crippen molar-refractivity contribution in [1.29, 1.82) is 0 Å². The number of benzene rings is 4. The Hall–Kier alpha value is -6.28. The van der Waals surface area contributed by atoms with Crippen molar-refractivity contribution in [2.75, 3.05) is 10.6 Å². The number of carbonyl (C=O) groups excluding carboxylic acids is 8. The zero-order valence-corrected chi connectivity index (χ0v) is 44.1. The zero-order chi connectivity index (χ0) is 52.5. The number of carbonyl (C=O) groups is 8. The second kappa shape index (κ2) is 22.2. The van der Waals surface area contributed by atoms with Crippen LogP contribution in [-0.2, 0) is 32.3 Å². The number of ether oxygens (including phenoxy) is 2. The fourth-order valence-corrected chi connectivity index (χ4v) is 11.8. The Bertz CT molecular complexity index is 3210. The molecule has 1 aliphatic carbocycles. The van der Waals surface area contributed by atoms with Gasteiger partial charge in [0.05, 0.1) is 42.7 Å². The van der Waals surface area contributed by atoms with E-state index < -0.39 is 47.7 Å². The molecule has 6 amide bonds. The highest BCUT2D eigenvalue weighted by atomic mass is 35.5. The van der Waals surface area contributed by atoms with Gasteiger partial charge in [-0.2, -0.15) is 0 Å². The van der Waals surface area contributed by atoms with E-state index in [-0.39, 0.29) is 99.0 Å². The van der Waals surface area contributed by atoms with Crippen molar-refractivity contribution in [1.82, 2.24) is 15.1 Å². The van der Waals surface area contributed by atoms with E-state index in [9.17, 15) is 38.4 Å². The molecule has 0 radical (unpaired) electrons. The summed E-state index contributed by atoms with van der Waals surface area (Å²) in [5.74, 6) is -4.45. The van der Waals surface area contributed by atoms with Gasteiger partial charge in [-0.05, 0) is 66.8 Å². The fourth-order valence-electron chi connectivity index (χ4n) is 8.29. The minimum Gasteiger partial charge on any atom is -0.423 e. The second-order valence-corrected chi connectivity index (χ2v) is 20.5. The van der Waals surface area contributed by atoms with E-state index in [1.54, 1.807) is 58.3 Å². The van der Waals surface area contributed by atoms with Gasteiger partial charge in [0.2, 0.25) is 11.8 Å². The Kier molecular flexibility index (Phi) is 16.5. The van der Waals surface area contributed by atoms with Crippen LogP contribution in [0.15, 0.2) is 60.7 Å². The van der Waals surface area contributed by atoms with E-state index in [2.05, 4.69) is 16.0 Å². The largest absolute Gasteiger partial charge is 0.423 e. The topological polar surface area (TPSA) is 224 Å². The molecule has 4 aromatic carbocycles. The number of esters is 2. The molecule has 6 aromatic rings. The molecule has 2 aromatic heterocycles. The smallest absolute Gasteiger partial charge is 0.308 e. The predicted octanol–water partition coefficient (Wildman–Crippen LogP) is 10.6. The van der Waals surface area contributed by atoms with Gasteiger partial charge in [0.1, 0.15) is 20.0 Å². The molecule has 2 heterocycles. The minimum atomic E-state index is -0.858. The molecule has 2 atom stereocenters. The number of thiophene rings is 2. The molecule has 22 heteroatoms. The van der Waals surface area contributed by atoms with Gasteiger partial charge in [-0.15, -0.1) is 22.7 Å². The molecule has 7 rings (SSSR count). The lowest BCUT2D eigenvalue weighted by Gasteiger charge is -2.29. The van der Waals surface area contributed by atoms with E-state index in [1.165, 1.54) is 39.8 Å². The molecular formula is C50H46Cl4N6O10S2. The van der Waals surface area contributed by atoms with Crippen LogP contribution in [0.5, 0.6) is 11.5 Å². The molecule has 376 valence electrons. The average Bonchev–Trinajstić information content (AvgIpc) is 3.83. The fraction of sp³-hybridized carbons (Fsp3) is 0.280. The third-order valence-electron chi connectivity index (χ3n) is 11.9. The number of amides is 6. The summed E-state index contributed by atoms with van der Waals surface area (Å²) < 4.78 is 11.1. The maximum absolute atomic E-state index is 14.4. The molecule has 1 fully saturated rings. The first kappa shape index (κ1) is 53.5. The highest BCUT2D eigenvalue weighted by Crippen LogP contribution is 2.49. The maximum Gasteiger partial charge on any atom is 0.308 e. The molecule has 1 saturated carbocycles. The number of anilines is 2. The number of nitrogens with zero attached hydrogens (tertiary/aromatic N) is 2. The first-order valence-electron chi connectivity index (χ1n) is 22.3. The highest BCUT2D eigenvalue weighted by Gasteiger charge is 2.45. The van der Waals surface area contributed by atoms with E-state index in [1.807, 2.05) is 13.8 Å². The molecule has 72 heavy (non-hydrogen) atoms. The number of hydrogen-bond acceptors (Lipinski definition) is 12. The van der Waals surface area contributed by atoms with Gasteiger partial charge < -0.3 is 41.0 Å². The standard InChI is InChI=1S/C50H46Cl4N6O10S2/c1-7-30(8-2)59(22(3)61)20-26-9-13-29(14-10-26)47(67)58-50-38(32-18-34(52)42(70-25(6)64)40(54)44(32)72-50)48(68)56-35-19-36(35)60(23(4)62)21-27-11-15-28(16-12-27)46(66)57-49-37(45(55)65)31-17-33(51)41(69-24(5)63)39(53)43(31)71-49/h9-18,30,35-36H,7-8,19-21H2,1-6H3,(H2,55,65)(H,56,68)(H,57,66)(H,58,67). The van der Waals surface area contributed by atoms with Crippen LogP contribution in [0.25, 0.3) is 20.2 Å². The van der Waals surface area contributed by atoms with Gasteiger partial charge in [0, 0.05) is 68.7 Å². The third-order valence-corrected chi connectivity index (χ3v) is 15.7. The summed E-state index contributed by atoms with van der Waals surface area (Å²) in [4.78, 5) is 107. The lowest BCUT2D eigenvalue weighted by Crippen LogP contribution is -2.37. The normalized spacial score (nSPS) is 13.9. The number of nitrogens with two attached hydrogens (primary N) is 1. The SMILES string of the molecule is CCC(CC)N(Cc1ccc(C(=O)Nc2sc3c(Cl)c(OC(C)=O)c(Cl)cc3c2C(=O)NC2CC2N(Cc2ccc(C(=O)Nc3sc4c(Cl)c(OC(C)=O)c(Cl)cc4c3C(N)=O)cc2)C(C)=O)cc1)C(C)=O. The minimum absolute atomic E-state index is 0.0378. The third kappa shape index (κ3) is 11.5. The average molecular weight is 1100 g/mol. The van der Waals surface area contributed by atoms with Crippen molar-refractivity contribution in [2.24, 2.45) is 5.73 Å². The first-order chi connectivity index (χ1) is 34.1. The van der Waals surface area contributed by atoms with Gasteiger partial charge in [0.25, 0.3) is 23.6 Å². The van der Waals surface area contributed by atoms with Crippen LogP contribution in [-0.4, -0.2) is 75.3 Å². The van der Waals surface area contributed by atoms with Crippen molar-refractivity contribution in [2.45, 2.75) is 92.0 Å². The molecule has 1 aliphatic rings. The van der Waals surface area contributed by atoms with Crippen LogP contribution in [0, 0.1) is 0 Å². The number of fused-ring (bicyclic) bond motifs is 2. The zero-order valence-electron chi connectivity index (χ0n) is 39.4. The predicted molar refractivity (Wildman–Crippen MR) is 280 cm³/mol. The Balaban J connectivity index is 1.07. The maximum atomic E-state index is 14.4. The summed E-state index contributed by atoms with van der Waals surface area (Å²) in [7, 11) is 0. The summed E-state index contributed by atoms with van der Waals surface area (Å²) in [5.41, 5.74) is 7.70. The van der Waals surface area contributed by atoms with Crippen LogP contribution in [0.1, 0.15) is 113 Å². The molecule has 2 unspecified atom stereocenters. The van der Waals surface area contributed by atoms with Crippen LogP contribution >= 0.6 is 69.1 Å². The van der Waals surface area contributed by atoms with Gasteiger partial charge >= 0.3 is 11.9 Å². The monoisotopic (exact) mass is 1090 g/mol. The molecule has 16 nitrogen and oxygen atoms in total. The van der Waals surface area contributed by atoms with Crippen molar-refractivity contribution < 1.29 is 47.8 Å². The lowest BCUT2D eigenvalue weighted by atomic mass is 10.1. The molecule has 0 spiro atoms. The second-order valence-electron chi connectivity index (χ2n) is 16.9. The number of nitrogens with one attached hydrogen (secondary N) is 3. The summed E-state index contributed by atoms with van der Waals surface area (Å²) in [6, 6.07) is 15.1. The molecule has 5 N–H and O–H groups in total. The van der Waals surface area contributed by atoms with E-state index in [4.69, 9.17) is 61.6 Å². The Labute approximate surface area is 441 Å². The summed E-state index contributed by atoms with van der Waals surface area (Å²) in [5, 5.41) is 9.16. The number of halogens is 4. The van der Waals surface area contributed by atoms with Gasteiger partial charge in [-0.1, -0.05) is 84.5 Å².